The summed E-state index contributed by atoms with van der Waals surface area (Å²) in [6, 6.07) is 3.86. The van der Waals surface area contributed by atoms with E-state index in [1.54, 1.807) is 18.0 Å². The highest BCUT2D eigenvalue weighted by Gasteiger charge is 2.30. The number of hydrogen-bond acceptors (Lipinski definition) is 6. The molecule has 0 spiro atoms. The van der Waals surface area contributed by atoms with Crippen LogP contribution >= 0.6 is 11.8 Å². The van der Waals surface area contributed by atoms with Gasteiger partial charge in [0.25, 0.3) is 0 Å². The summed E-state index contributed by atoms with van der Waals surface area (Å²) >= 11 is 1.63. The van der Waals surface area contributed by atoms with Crippen molar-refractivity contribution in [3.8, 4) is 0 Å². The van der Waals surface area contributed by atoms with E-state index in [1.807, 2.05) is 19.1 Å². The SMILES string of the molecule is CCOC(=O)CCCSc1nnc(C2CC2)n1Cc1ccco1. The Hall–Kier alpha value is -1.76. The van der Waals surface area contributed by atoms with Crippen LogP contribution in [0.4, 0.5) is 0 Å². The fourth-order valence-corrected chi connectivity index (χ4v) is 3.25. The minimum absolute atomic E-state index is 0.135. The molecule has 3 rings (SSSR count). The Kier molecular flexibility index (Phi) is 5.38. The zero-order valence-electron chi connectivity index (χ0n) is 13.2. The molecule has 0 aromatic carbocycles. The minimum atomic E-state index is -0.135. The van der Waals surface area contributed by atoms with Gasteiger partial charge in [-0.15, -0.1) is 10.2 Å². The molecule has 0 saturated heterocycles. The number of esters is 1. The van der Waals surface area contributed by atoms with Crippen LogP contribution in [0.15, 0.2) is 28.0 Å². The Bertz CT molecular complexity index is 635. The van der Waals surface area contributed by atoms with Gasteiger partial charge in [-0.25, -0.2) is 0 Å². The van der Waals surface area contributed by atoms with Gasteiger partial charge in [-0.3, -0.25) is 9.36 Å². The first-order valence-corrected chi connectivity index (χ1v) is 9.00. The summed E-state index contributed by atoms with van der Waals surface area (Å²) in [5.74, 6) is 3.17. The summed E-state index contributed by atoms with van der Waals surface area (Å²) in [4.78, 5) is 11.4. The van der Waals surface area contributed by atoms with Gasteiger partial charge in [0.05, 0.1) is 19.4 Å². The van der Waals surface area contributed by atoms with Crippen molar-refractivity contribution in [3.05, 3.63) is 30.0 Å². The zero-order valence-corrected chi connectivity index (χ0v) is 14.1. The van der Waals surface area contributed by atoms with E-state index in [2.05, 4.69) is 14.8 Å². The Morgan fingerprint density at radius 2 is 2.35 bits per heavy atom. The van der Waals surface area contributed by atoms with E-state index in [9.17, 15) is 4.79 Å². The predicted molar refractivity (Wildman–Crippen MR) is 86.4 cm³/mol. The number of ether oxygens (including phenoxy) is 1. The minimum Gasteiger partial charge on any atom is -0.467 e. The van der Waals surface area contributed by atoms with Gasteiger partial charge in [-0.05, 0) is 38.3 Å². The molecule has 7 heteroatoms. The highest BCUT2D eigenvalue weighted by molar-refractivity contribution is 7.99. The van der Waals surface area contributed by atoms with Gasteiger partial charge >= 0.3 is 5.97 Å². The first-order chi connectivity index (χ1) is 11.3. The molecule has 23 heavy (non-hydrogen) atoms. The van der Waals surface area contributed by atoms with Crippen molar-refractivity contribution in [2.75, 3.05) is 12.4 Å². The Morgan fingerprint density at radius 3 is 3.04 bits per heavy atom. The molecule has 0 aliphatic heterocycles. The van der Waals surface area contributed by atoms with E-state index in [0.29, 0.717) is 25.5 Å². The second kappa shape index (κ2) is 7.68. The lowest BCUT2D eigenvalue weighted by Gasteiger charge is -2.08. The number of nitrogens with zero attached hydrogens (tertiary/aromatic N) is 3. The van der Waals surface area contributed by atoms with Crippen LogP contribution in [0, 0.1) is 0 Å². The van der Waals surface area contributed by atoms with Crippen LogP contribution in [0.25, 0.3) is 0 Å². The molecule has 2 aromatic heterocycles. The summed E-state index contributed by atoms with van der Waals surface area (Å²) in [5.41, 5.74) is 0. The number of thioether (sulfide) groups is 1. The number of aromatic nitrogens is 3. The smallest absolute Gasteiger partial charge is 0.305 e. The average molecular weight is 335 g/mol. The van der Waals surface area contributed by atoms with Crippen LogP contribution in [-0.2, 0) is 16.1 Å². The summed E-state index contributed by atoms with van der Waals surface area (Å²) in [6.45, 7) is 2.92. The van der Waals surface area contributed by atoms with E-state index in [0.717, 1.165) is 28.9 Å². The van der Waals surface area contributed by atoms with E-state index >= 15 is 0 Å². The standard InChI is InChI=1S/C16H21N3O3S/c1-2-21-14(20)6-4-10-23-16-18-17-15(12-7-8-12)19(16)11-13-5-3-9-22-13/h3,5,9,12H,2,4,6-8,10-11H2,1H3. The molecule has 2 aromatic rings. The van der Waals surface area contributed by atoms with E-state index < -0.39 is 0 Å². The van der Waals surface area contributed by atoms with Gasteiger partial charge in [-0.2, -0.15) is 0 Å². The second-order valence-corrected chi connectivity index (χ2v) is 6.60. The van der Waals surface area contributed by atoms with Gasteiger partial charge in [0, 0.05) is 18.1 Å². The zero-order chi connectivity index (χ0) is 16.1. The predicted octanol–water partition coefficient (Wildman–Crippen LogP) is 3.23. The van der Waals surface area contributed by atoms with Crippen LogP contribution in [0.2, 0.25) is 0 Å². The molecule has 1 saturated carbocycles. The van der Waals surface area contributed by atoms with Crippen LogP contribution in [-0.4, -0.2) is 33.1 Å². The molecule has 1 aliphatic rings. The largest absolute Gasteiger partial charge is 0.467 e. The molecule has 0 bridgehead atoms. The van der Waals surface area contributed by atoms with Crippen molar-refractivity contribution < 1.29 is 13.9 Å². The Labute approximate surface area is 139 Å². The van der Waals surface area contributed by atoms with Crippen molar-refractivity contribution >= 4 is 17.7 Å². The quantitative estimate of drug-likeness (QED) is 0.398. The van der Waals surface area contributed by atoms with Crippen molar-refractivity contribution in [2.45, 2.75) is 50.2 Å². The molecular formula is C16H21N3O3S. The molecule has 6 nitrogen and oxygen atoms in total. The van der Waals surface area contributed by atoms with Gasteiger partial charge in [-0.1, -0.05) is 11.8 Å². The topological polar surface area (TPSA) is 70.2 Å². The molecule has 1 fully saturated rings. The number of furan rings is 1. The highest BCUT2D eigenvalue weighted by Crippen LogP contribution is 2.40. The molecule has 124 valence electrons. The van der Waals surface area contributed by atoms with Crippen LogP contribution in [0.1, 0.15) is 50.1 Å². The van der Waals surface area contributed by atoms with Gasteiger partial charge in [0.15, 0.2) is 5.16 Å². The summed E-state index contributed by atoms with van der Waals surface area (Å²) < 4.78 is 12.5. The van der Waals surface area contributed by atoms with Gasteiger partial charge < -0.3 is 9.15 Å². The molecular weight excluding hydrogens is 314 g/mol. The Balaban J connectivity index is 1.59. The summed E-state index contributed by atoms with van der Waals surface area (Å²) in [7, 11) is 0. The molecule has 0 atom stereocenters. The maximum Gasteiger partial charge on any atom is 0.305 e. The average Bonchev–Trinajstić information content (AvgIpc) is 3.11. The molecule has 0 unspecified atom stereocenters. The third-order valence-corrected chi connectivity index (χ3v) is 4.70. The van der Waals surface area contributed by atoms with E-state index in [-0.39, 0.29) is 5.97 Å². The number of hydrogen-bond donors (Lipinski definition) is 0. The maximum absolute atomic E-state index is 11.4. The molecule has 0 N–H and O–H groups in total. The lowest BCUT2D eigenvalue weighted by atomic mass is 10.3. The van der Waals surface area contributed by atoms with Crippen LogP contribution in [0.3, 0.4) is 0 Å². The molecule has 0 radical (unpaired) electrons. The van der Waals surface area contributed by atoms with Crippen LogP contribution in [0.5, 0.6) is 0 Å². The normalized spacial score (nSPS) is 14.1. The first kappa shape index (κ1) is 16.1. The van der Waals surface area contributed by atoms with Gasteiger partial charge in [0.1, 0.15) is 11.6 Å². The third kappa shape index (κ3) is 4.37. The fraction of sp³-hybridized carbons (Fsp3) is 0.562. The Morgan fingerprint density at radius 1 is 1.48 bits per heavy atom. The lowest BCUT2D eigenvalue weighted by Crippen LogP contribution is -2.06. The molecule has 0 amide bonds. The van der Waals surface area contributed by atoms with Crippen molar-refractivity contribution in [3.63, 3.8) is 0 Å². The van der Waals surface area contributed by atoms with Crippen molar-refractivity contribution in [1.29, 1.82) is 0 Å². The van der Waals surface area contributed by atoms with E-state index in [1.165, 1.54) is 12.8 Å². The molecule has 2 heterocycles. The lowest BCUT2D eigenvalue weighted by molar-refractivity contribution is -0.143. The first-order valence-electron chi connectivity index (χ1n) is 8.01. The van der Waals surface area contributed by atoms with Gasteiger partial charge in [0.2, 0.25) is 0 Å². The van der Waals surface area contributed by atoms with E-state index in [4.69, 9.17) is 9.15 Å². The van der Waals surface area contributed by atoms with Crippen molar-refractivity contribution in [1.82, 2.24) is 14.8 Å². The van der Waals surface area contributed by atoms with Crippen molar-refractivity contribution in [2.24, 2.45) is 0 Å². The monoisotopic (exact) mass is 335 g/mol. The summed E-state index contributed by atoms with van der Waals surface area (Å²) in [5, 5.41) is 9.59. The third-order valence-electron chi connectivity index (χ3n) is 3.64. The fourth-order valence-electron chi connectivity index (χ4n) is 2.37. The van der Waals surface area contributed by atoms with Crippen LogP contribution < -0.4 is 0 Å². The summed E-state index contributed by atoms with van der Waals surface area (Å²) in [6.07, 6.45) is 5.27. The number of carbonyl (C=O) groups is 1. The second-order valence-electron chi connectivity index (χ2n) is 5.54. The highest BCUT2D eigenvalue weighted by atomic mass is 32.2. The maximum atomic E-state index is 11.4. The number of carbonyl (C=O) groups excluding carboxylic acids is 1. The molecule has 1 aliphatic carbocycles. The number of rotatable bonds is 9.